The van der Waals surface area contributed by atoms with Gasteiger partial charge in [-0.1, -0.05) is 13.0 Å². The number of benzene rings is 1. The highest BCUT2D eigenvalue weighted by atomic mass is 32.2. The van der Waals surface area contributed by atoms with Crippen molar-refractivity contribution in [1.82, 2.24) is 4.72 Å². The molecule has 8 nitrogen and oxygen atoms in total. The van der Waals surface area contributed by atoms with Crippen molar-refractivity contribution in [2.24, 2.45) is 5.92 Å². The van der Waals surface area contributed by atoms with Crippen molar-refractivity contribution in [3.05, 3.63) is 29.6 Å². The molecule has 0 radical (unpaired) electrons. The first-order chi connectivity index (χ1) is 13.4. The number of hydrogen-bond donors (Lipinski definition) is 2. The summed E-state index contributed by atoms with van der Waals surface area (Å²) in [5, 5.41) is 10.9. The summed E-state index contributed by atoms with van der Waals surface area (Å²) in [4.78, 5) is 0. The van der Waals surface area contributed by atoms with E-state index in [1.54, 1.807) is 6.92 Å². The average molecular weight is 454 g/mol. The van der Waals surface area contributed by atoms with E-state index in [1.165, 1.54) is 18.2 Å². The molecular formula is C18H28FNO7S2. The van der Waals surface area contributed by atoms with Crippen molar-refractivity contribution in [2.75, 3.05) is 31.8 Å². The first-order valence-electron chi connectivity index (χ1n) is 9.41. The van der Waals surface area contributed by atoms with Crippen LogP contribution in [0.25, 0.3) is 0 Å². The second-order valence-corrected chi connectivity index (χ2v) is 10.9. The maximum Gasteiger partial charge on any atom is 0.264 e. The predicted molar refractivity (Wildman–Crippen MR) is 106 cm³/mol. The van der Waals surface area contributed by atoms with Gasteiger partial charge in [0.05, 0.1) is 25.2 Å². The normalized spacial score (nSPS) is 17.1. The summed E-state index contributed by atoms with van der Waals surface area (Å²) in [6, 6.07) is 3.99. The zero-order valence-electron chi connectivity index (χ0n) is 16.6. The molecule has 29 heavy (non-hydrogen) atoms. The summed E-state index contributed by atoms with van der Waals surface area (Å²) in [6.07, 6.45) is 3.14. The summed E-state index contributed by atoms with van der Waals surface area (Å²) in [5.74, 6) is -0.440. The van der Waals surface area contributed by atoms with E-state index in [1.807, 2.05) is 0 Å². The van der Waals surface area contributed by atoms with Crippen LogP contribution in [0.15, 0.2) is 18.2 Å². The van der Waals surface area contributed by atoms with Crippen LogP contribution in [-0.2, 0) is 29.9 Å². The maximum absolute atomic E-state index is 14.0. The average Bonchev–Trinajstić information content (AvgIpc) is 3.46. The molecule has 0 aliphatic heterocycles. The Labute approximate surface area is 171 Å². The number of ether oxygens (including phenoxy) is 1. The van der Waals surface area contributed by atoms with Crippen LogP contribution in [0.5, 0.6) is 5.75 Å². The van der Waals surface area contributed by atoms with E-state index in [4.69, 9.17) is 4.74 Å². The Balaban J connectivity index is 1.98. The van der Waals surface area contributed by atoms with Crippen LogP contribution in [-0.4, -0.2) is 53.7 Å². The third-order valence-electron chi connectivity index (χ3n) is 4.66. The van der Waals surface area contributed by atoms with Crippen LogP contribution in [0.1, 0.15) is 38.2 Å². The fourth-order valence-corrected chi connectivity index (χ4v) is 4.11. The number of hydrogen-bond acceptors (Lipinski definition) is 7. The number of nitrogens with one attached hydrogen (secondary N) is 1. The number of sulfonamides is 1. The van der Waals surface area contributed by atoms with Gasteiger partial charge in [-0.25, -0.2) is 17.5 Å². The Morgan fingerprint density at radius 1 is 1.28 bits per heavy atom. The minimum Gasteiger partial charge on any atom is -0.490 e. The lowest BCUT2D eigenvalue weighted by Gasteiger charge is -2.28. The van der Waals surface area contributed by atoms with Crippen molar-refractivity contribution < 1.29 is 35.3 Å². The first kappa shape index (κ1) is 24.0. The van der Waals surface area contributed by atoms with Gasteiger partial charge in [0.15, 0.2) is 11.6 Å². The van der Waals surface area contributed by atoms with Crippen molar-refractivity contribution in [3.8, 4) is 5.75 Å². The van der Waals surface area contributed by atoms with Crippen LogP contribution in [0.3, 0.4) is 0 Å². The van der Waals surface area contributed by atoms with Crippen molar-refractivity contribution in [2.45, 2.75) is 38.2 Å². The smallest absolute Gasteiger partial charge is 0.264 e. The summed E-state index contributed by atoms with van der Waals surface area (Å²) < 4.78 is 72.4. The molecule has 0 saturated heterocycles. The standard InChI is InChI=1S/C18H28FNO7S2/c1-3-18(21,13-20-29(24,25)10-4-9-27-28(2,22)23)15-7-8-16(19)17(11-15)26-12-14-5-6-14/h7-8,11,14,20-21H,3-6,9-10,12-13H2,1-2H3. The Morgan fingerprint density at radius 2 is 1.97 bits per heavy atom. The number of halogens is 1. The van der Waals surface area contributed by atoms with E-state index < -0.39 is 31.6 Å². The molecule has 1 saturated carbocycles. The number of aliphatic hydroxyl groups is 1. The van der Waals surface area contributed by atoms with E-state index in [0.717, 1.165) is 19.1 Å². The van der Waals surface area contributed by atoms with Crippen LogP contribution < -0.4 is 9.46 Å². The molecule has 1 aliphatic carbocycles. The molecule has 2 N–H and O–H groups in total. The molecule has 0 spiro atoms. The van der Waals surface area contributed by atoms with E-state index in [-0.39, 0.29) is 37.5 Å². The lowest BCUT2D eigenvalue weighted by Crippen LogP contribution is -2.41. The van der Waals surface area contributed by atoms with Gasteiger partial charge in [0.1, 0.15) is 5.60 Å². The highest BCUT2D eigenvalue weighted by molar-refractivity contribution is 7.89. The van der Waals surface area contributed by atoms with Crippen LogP contribution >= 0.6 is 0 Å². The molecule has 1 aromatic carbocycles. The molecular weight excluding hydrogens is 425 g/mol. The van der Waals surface area contributed by atoms with Crippen molar-refractivity contribution in [3.63, 3.8) is 0 Å². The van der Waals surface area contributed by atoms with Gasteiger partial charge >= 0.3 is 0 Å². The molecule has 0 bridgehead atoms. The molecule has 1 atom stereocenters. The fourth-order valence-electron chi connectivity index (χ4n) is 2.59. The van der Waals surface area contributed by atoms with Crippen LogP contribution in [0.2, 0.25) is 0 Å². The van der Waals surface area contributed by atoms with E-state index in [9.17, 15) is 26.3 Å². The lowest BCUT2D eigenvalue weighted by atomic mass is 9.91. The molecule has 0 aromatic heterocycles. The molecule has 0 amide bonds. The zero-order valence-corrected chi connectivity index (χ0v) is 18.2. The molecule has 1 unspecified atom stereocenters. The molecule has 1 aromatic rings. The third kappa shape index (κ3) is 8.17. The molecule has 1 fully saturated rings. The van der Waals surface area contributed by atoms with Crippen molar-refractivity contribution in [1.29, 1.82) is 0 Å². The minimum atomic E-state index is -3.77. The molecule has 166 valence electrons. The first-order valence-corrected chi connectivity index (χ1v) is 12.9. The van der Waals surface area contributed by atoms with Gasteiger partial charge in [-0.3, -0.25) is 4.18 Å². The molecule has 0 heterocycles. The van der Waals surface area contributed by atoms with Crippen molar-refractivity contribution >= 4 is 20.1 Å². The van der Waals surface area contributed by atoms with E-state index in [0.29, 0.717) is 18.1 Å². The highest BCUT2D eigenvalue weighted by Gasteiger charge is 2.30. The fraction of sp³-hybridized carbons (Fsp3) is 0.667. The Morgan fingerprint density at radius 3 is 2.55 bits per heavy atom. The summed E-state index contributed by atoms with van der Waals surface area (Å²) in [5.41, 5.74) is -1.21. The third-order valence-corrected chi connectivity index (χ3v) is 6.67. The topological polar surface area (TPSA) is 119 Å². The predicted octanol–water partition coefficient (Wildman–Crippen LogP) is 1.50. The number of rotatable bonds is 13. The van der Waals surface area contributed by atoms with E-state index in [2.05, 4.69) is 8.91 Å². The largest absolute Gasteiger partial charge is 0.490 e. The van der Waals surface area contributed by atoms with Gasteiger partial charge < -0.3 is 9.84 Å². The van der Waals surface area contributed by atoms with Gasteiger partial charge in [-0.2, -0.15) is 8.42 Å². The minimum absolute atomic E-state index is 0.0251. The molecule has 2 rings (SSSR count). The molecule has 11 heteroatoms. The lowest BCUT2D eigenvalue weighted by molar-refractivity contribution is 0.0376. The molecule has 1 aliphatic rings. The summed E-state index contributed by atoms with van der Waals surface area (Å²) in [6.45, 7) is 1.53. The second kappa shape index (κ2) is 9.69. The summed E-state index contributed by atoms with van der Waals surface area (Å²) in [7, 11) is -7.40. The van der Waals surface area contributed by atoms with E-state index >= 15 is 0 Å². The van der Waals surface area contributed by atoms with Gasteiger partial charge in [-0.15, -0.1) is 0 Å². The van der Waals surface area contributed by atoms with Gasteiger partial charge in [-0.05, 0) is 49.3 Å². The Kier molecular flexibility index (Phi) is 8.02. The SMILES string of the molecule is CCC(O)(CNS(=O)(=O)CCCOS(C)(=O)=O)c1ccc(F)c(OCC2CC2)c1. The monoisotopic (exact) mass is 453 g/mol. The quantitative estimate of drug-likeness (QED) is 0.343. The zero-order chi connectivity index (χ0) is 21.7. The highest BCUT2D eigenvalue weighted by Crippen LogP contribution is 2.32. The summed E-state index contributed by atoms with van der Waals surface area (Å²) >= 11 is 0. The second-order valence-electron chi connectivity index (χ2n) is 7.30. The Hall–Kier alpha value is -1.27. The maximum atomic E-state index is 14.0. The van der Waals surface area contributed by atoms with Crippen LogP contribution in [0.4, 0.5) is 4.39 Å². The van der Waals surface area contributed by atoms with Gasteiger partial charge in [0, 0.05) is 6.54 Å². The van der Waals surface area contributed by atoms with Crippen LogP contribution in [0, 0.1) is 11.7 Å². The van der Waals surface area contributed by atoms with Gasteiger partial charge in [0.25, 0.3) is 10.1 Å². The Bertz CT molecular complexity index is 901. The van der Waals surface area contributed by atoms with Gasteiger partial charge in [0.2, 0.25) is 10.0 Å².